The van der Waals surface area contributed by atoms with Gasteiger partial charge in [-0.25, -0.2) is 9.67 Å². The number of hydrogen-bond donors (Lipinski definition) is 0. The van der Waals surface area contributed by atoms with Crippen LogP contribution in [-0.4, -0.2) is 56.7 Å². The number of benzene rings is 1. The lowest BCUT2D eigenvalue weighted by Gasteiger charge is -2.35. The highest BCUT2D eigenvalue weighted by Crippen LogP contribution is 2.22. The van der Waals surface area contributed by atoms with Crippen LogP contribution < -0.4 is 0 Å². The Labute approximate surface area is 185 Å². The van der Waals surface area contributed by atoms with E-state index in [1.54, 1.807) is 17.5 Å². The number of aromatic nitrogens is 3. The second-order valence-electron chi connectivity index (χ2n) is 7.98. The summed E-state index contributed by atoms with van der Waals surface area (Å²) in [6.07, 6.45) is 1.79. The second-order valence-corrected chi connectivity index (χ2v) is 9.02. The van der Waals surface area contributed by atoms with E-state index < -0.39 is 0 Å². The number of aryl methyl sites for hydroxylation is 1. The lowest BCUT2D eigenvalue weighted by Crippen LogP contribution is -2.48. The van der Waals surface area contributed by atoms with E-state index in [1.165, 1.54) is 10.4 Å². The molecule has 1 aliphatic rings. The molecule has 4 heterocycles. The highest BCUT2D eigenvalue weighted by atomic mass is 32.1. The van der Waals surface area contributed by atoms with E-state index in [1.807, 2.05) is 34.7 Å². The fourth-order valence-corrected chi connectivity index (χ4v) is 4.82. The zero-order valence-electron chi connectivity index (χ0n) is 17.6. The van der Waals surface area contributed by atoms with Crippen molar-refractivity contribution in [2.24, 2.45) is 0 Å². The topological polar surface area (TPSA) is 54.3 Å². The average molecular weight is 432 g/mol. The summed E-state index contributed by atoms with van der Waals surface area (Å²) >= 11 is 1.70. The predicted molar refractivity (Wildman–Crippen MR) is 123 cm³/mol. The average Bonchev–Trinajstić information content (AvgIpc) is 3.45. The highest BCUT2D eigenvalue weighted by molar-refractivity contribution is 7.09. The van der Waals surface area contributed by atoms with Crippen LogP contribution in [0.2, 0.25) is 0 Å². The maximum Gasteiger partial charge on any atom is 0.254 e. The smallest absolute Gasteiger partial charge is 0.254 e. The number of amides is 1. The minimum Gasteiger partial charge on any atom is -0.336 e. The zero-order chi connectivity index (χ0) is 21.2. The largest absolute Gasteiger partial charge is 0.336 e. The molecule has 1 amide bonds. The lowest BCUT2D eigenvalue weighted by molar-refractivity contribution is 0.0630. The van der Waals surface area contributed by atoms with Crippen molar-refractivity contribution in [2.75, 3.05) is 26.2 Å². The monoisotopic (exact) mass is 431 g/mol. The van der Waals surface area contributed by atoms with E-state index in [9.17, 15) is 4.79 Å². The molecule has 4 aromatic rings. The molecule has 0 spiro atoms. The van der Waals surface area contributed by atoms with Crippen LogP contribution in [0.3, 0.4) is 0 Å². The molecule has 6 nitrogen and oxygen atoms in total. The van der Waals surface area contributed by atoms with Crippen LogP contribution >= 0.6 is 11.3 Å². The molecule has 158 valence electrons. The van der Waals surface area contributed by atoms with Crippen molar-refractivity contribution in [1.82, 2.24) is 24.6 Å². The van der Waals surface area contributed by atoms with Gasteiger partial charge in [-0.15, -0.1) is 11.3 Å². The Morgan fingerprint density at radius 3 is 2.58 bits per heavy atom. The van der Waals surface area contributed by atoms with E-state index in [0.29, 0.717) is 12.1 Å². The fourth-order valence-electron chi connectivity index (χ4n) is 4.14. The van der Waals surface area contributed by atoms with E-state index in [-0.39, 0.29) is 5.91 Å². The number of carbonyl (C=O) groups excluding carboxylic acids is 1. The number of nitrogens with zero attached hydrogens (tertiary/aromatic N) is 5. The molecule has 7 heteroatoms. The molecular formula is C24H25N5OS. The molecule has 3 aromatic heterocycles. The van der Waals surface area contributed by atoms with Crippen molar-refractivity contribution >= 4 is 28.3 Å². The summed E-state index contributed by atoms with van der Waals surface area (Å²) in [7, 11) is 0. The molecule has 0 N–H and O–H groups in total. The second kappa shape index (κ2) is 8.61. The van der Waals surface area contributed by atoms with Crippen LogP contribution in [0.1, 0.15) is 26.5 Å². The van der Waals surface area contributed by atoms with Crippen LogP contribution in [0.25, 0.3) is 11.0 Å². The Morgan fingerprint density at radius 1 is 1.03 bits per heavy atom. The van der Waals surface area contributed by atoms with Gasteiger partial charge in [0.2, 0.25) is 0 Å². The molecule has 0 bridgehead atoms. The maximum absolute atomic E-state index is 13.4. The summed E-state index contributed by atoms with van der Waals surface area (Å²) in [6, 6.07) is 16.5. The Kier molecular flexibility index (Phi) is 5.53. The predicted octanol–water partition coefficient (Wildman–Crippen LogP) is 3.81. The summed E-state index contributed by atoms with van der Waals surface area (Å²) in [5, 5.41) is 7.43. The Morgan fingerprint density at radius 2 is 1.84 bits per heavy atom. The number of rotatable bonds is 5. The molecule has 1 saturated heterocycles. The summed E-state index contributed by atoms with van der Waals surface area (Å²) in [6.45, 7) is 6.77. The minimum absolute atomic E-state index is 0.0746. The highest BCUT2D eigenvalue weighted by Gasteiger charge is 2.25. The van der Waals surface area contributed by atoms with E-state index in [4.69, 9.17) is 0 Å². The van der Waals surface area contributed by atoms with Crippen molar-refractivity contribution < 1.29 is 4.79 Å². The Bertz CT molecular complexity index is 1180. The van der Waals surface area contributed by atoms with Crippen molar-refractivity contribution in [3.05, 3.63) is 81.8 Å². The molecule has 5 rings (SSSR count). The third-order valence-electron chi connectivity index (χ3n) is 5.76. The van der Waals surface area contributed by atoms with Crippen LogP contribution in [0.5, 0.6) is 0 Å². The zero-order valence-corrected chi connectivity index (χ0v) is 18.4. The van der Waals surface area contributed by atoms with Crippen molar-refractivity contribution in [2.45, 2.75) is 20.0 Å². The number of carbonyl (C=O) groups is 1. The van der Waals surface area contributed by atoms with Crippen molar-refractivity contribution in [1.29, 1.82) is 0 Å². The molecule has 0 saturated carbocycles. The van der Waals surface area contributed by atoms with E-state index >= 15 is 0 Å². The third kappa shape index (κ3) is 4.24. The SMILES string of the molecule is Cc1cc(C(=O)N2CCN(Cc3ccccc3)CC2)c2cnn(Cc3cccs3)c2n1. The van der Waals surface area contributed by atoms with Gasteiger partial charge in [-0.2, -0.15) is 5.10 Å². The molecule has 0 radical (unpaired) electrons. The van der Waals surface area contributed by atoms with E-state index in [2.05, 4.69) is 50.7 Å². The lowest BCUT2D eigenvalue weighted by atomic mass is 10.1. The van der Waals surface area contributed by atoms with Gasteiger partial charge in [0.15, 0.2) is 5.65 Å². The van der Waals surface area contributed by atoms with Gasteiger partial charge in [0.25, 0.3) is 5.91 Å². The Balaban J connectivity index is 1.32. The van der Waals surface area contributed by atoms with Crippen LogP contribution in [0.4, 0.5) is 0 Å². The standard InChI is InChI=1S/C24H25N5OS/c1-18-14-21(22-15-25-29(23(22)26-18)17-20-8-5-13-31-20)24(30)28-11-9-27(10-12-28)16-19-6-3-2-4-7-19/h2-8,13-15H,9-12,16-17H2,1H3. The van der Waals surface area contributed by atoms with Crippen molar-refractivity contribution in [3.8, 4) is 0 Å². The first kappa shape index (κ1) is 19.9. The third-order valence-corrected chi connectivity index (χ3v) is 6.62. The molecular weight excluding hydrogens is 406 g/mol. The maximum atomic E-state index is 13.4. The molecule has 1 aliphatic heterocycles. The van der Waals surface area contributed by atoms with E-state index in [0.717, 1.165) is 49.5 Å². The van der Waals surface area contributed by atoms with Gasteiger partial charge in [0, 0.05) is 43.3 Å². The number of fused-ring (bicyclic) bond motifs is 1. The normalized spacial score (nSPS) is 14.9. The molecule has 0 aliphatic carbocycles. The van der Waals surface area contributed by atoms with Gasteiger partial charge in [-0.3, -0.25) is 9.69 Å². The van der Waals surface area contributed by atoms with Crippen LogP contribution in [0.15, 0.2) is 60.1 Å². The molecule has 1 aromatic carbocycles. The molecule has 0 atom stereocenters. The summed E-state index contributed by atoms with van der Waals surface area (Å²) in [4.78, 5) is 23.7. The summed E-state index contributed by atoms with van der Waals surface area (Å²) in [5.41, 5.74) is 3.63. The van der Waals surface area contributed by atoms with Crippen LogP contribution in [-0.2, 0) is 13.1 Å². The van der Waals surface area contributed by atoms with Crippen molar-refractivity contribution in [3.63, 3.8) is 0 Å². The minimum atomic E-state index is 0.0746. The molecule has 31 heavy (non-hydrogen) atoms. The van der Waals surface area contributed by atoms with Crippen LogP contribution in [0, 0.1) is 6.92 Å². The van der Waals surface area contributed by atoms with Gasteiger partial charge in [0.1, 0.15) is 0 Å². The number of hydrogen-bond acceptors (Lipinski definition) is 5. The van der Waals surface area contributed by atoms with Gasteiger partial charge >= 0.3 is 0 Å². The first-order chi connectivity index (χ1) is 15.2. The van der Waals surface area contributed by atoms with Gasteiger partial charge in [-0.1, -0.05) is 36.4 Å². The molecule has 0 unspecified atom stereocenters. The number of pyridine rings is 1. The quantitative estimate of drug-likeness (QED) is 0.482. The Hall–Kier alpha value is -3.03. The van der Waals surface area contributed by atoms with Gasteiger partial charge in [-0.05, 0) is 30.0 Å². The fraction of sp³-hybridized carbons (Fsp3) is 0.292. The number of thiophene rings is 1. The van der Waals surface area contributed by atoms with Gasteiger partial charge < -0.3 is 4.90 Å². The summed E-state index contributed by atoms with van der Waals surface area (Å²) in [5.74, 6) is 0.0746. The molecule has 1 fully saturated rings. The number of piperazine rings is 1. The first-order valence-electron chi connectivity index (χ1n) is 10.6. The first-order valence-corrected chi connectivity index (χ1v) is 11.5. The van der Waals surface area contributed by atoms with Gasteiger partial charge in [0.05, 0.1) is 23.7 Å². The summed E-state index contributed by atoms with van der Waals surface area (Å²) < 4.78 is 1.89.